The quantitative estimate of drug-likeness (QED) is 0.637. The fraction of sp³-hybridized carbons (Fsp3) is 0.200. The summed E-state index contributed by atoms with van der Waals surface area (Å²) in [6.45, 7) is 0.663. The Bertz CT molecular complexity index is 1210. The Kier molecular flexibility index (Phi) is 4.67. The smallest absolute Gasteiger partial charge is 0.263 e. The number of amides is 1. The molecule has 6 heteroatoms. The van der Waals surface area contributed by atoms with E-state index >= 15 is 0 Å². The van der Waals surface area contributed by atoms with Crippen molar-refractivity contribution in [2.45, 2.75) is 12.0 Å². The summed E-state index contributed by atoms with van der Waals surface area (Å²) in [5.41, 5.74) is 3.73. The molecule has 1 N–H and O–H groups in total. The van der Waals surface area contributed by atoms with E-state index in [0.29, 0.717) is 11.7 Å². The minimum Gasteiger partial charge on any atom is -0.497 e. The lowest BCUT2D eigenvalue weighted by molar-refractivity contribution is -0.129. The molecule has 1 saturated heterocycles. The van der Waals surface area contributed by atoms with Crippen LogP contribution in [0.2, 0.25) is 0 Å². The molecule has 2 aliphatic rings. The second-order valence-electron chi connectivity index (χ2n) is 7.78. The highest BCUT2D eigenvalue weighted by Crippen LogP contribution is 2.40. The maximum atomic E-state index is 13.6. The van der Waals surface area contributed by atoms with Gasteiger partial charge < -0.3 is 14.8 Å². The van der Waals surface area contributed by atoms with Crippen molar-refractivity contribution in [2.75, 3.05) is 20.8 Å². The van der Waals surface area contributed by atoms with Gasteiger partial charge >= 0.3 is 0 Å². The van der Waals surface area contributed by atoms with Gasteiger partial charge in [-0.15, -0.1) is 0 Å². The molecule has 2 aliphatic heterocycles. The number of ether oxygens (including phenoxy) is 2. The van der Waals surface area contributed by atoms with Gasteiger partial charge in [-0.3, -0.25) is 9.69 Å². The number of rotatable bonds is 4. The number of methoxy groups -OCH3 is 1. The Morgan fingerprint density at radius 2 is 1.77 bits per heavy atom. The summed E-state index contributed by atoms with van der Waals surface area (Å²) >= 11 is 5.48. The van der Waals surface area contributed by atoms with Gasteiger partial charge in [-0.25, -0.2) is 0 Å². The molecular weight excluding hydrogens is 408 g/mol. The molecular formula is C25H22N2O3S. The number of likely N-dealkylation sites (N-methyl/N-ethyl adjacent to an activating group) is 1. The molecule has 2 heterocycles. The molecule has 3 aromatic rings. The normalized spacial score (nSPS) is 19.7. The summed E-state index contributed by atoms with van der Waals surface area (Å²) in [4.78, 5) is 15.1. The predicted molar refractivity (Wildman–Crippen MR) is 123 cm³/mol. The largest absolute Gasteiger partial charge is 0.497 e. The minimum absolute atomic E-state index is 0.0980. The predicted octanol–water partition coefficient (Wildman–Crippen LogP) is 3.89. The average Bonchev–Trinajstić information content (AvgIpc) is 3.37. The van der Waals surface area contributed by atoms with Gasteiger partial charge in [-0.1, -0.05) is 36.4 Å². The van der Waals surface area contributed by atoms with E-state index in [1.54, 1.807) is 14.2 Å². The van der Waals surface area contributed by atoms with Crippen molar-refractivity contribution in [3.63, 3.8) is 0 Å². The second kappa shape index (κ2) is 7.39. The van der Waals surface area contributed by atoms with E-state index in [-0.39, 0.29) is 5.91 Å². The number of benzene rings is 3. The summed E-state index contributed by atoms with van der Waals surface area (Å²) in [6.07, 6.45) is 0.831. The van der Waals surface area contributed by atoms with Crippen LogP contribution < -0.4 is 14.8 Å². The van der Waals surface area contributed by atoms with Crippen molar-refractivity contribution in [1.82, 2.24) is 10.2 Å². The summed E-state index contributed by atoms with van der Waals surface area (Å²) in [7, 11) is 3.36. The van der Waals surface area contributed by atoms with E-state index < -0.39 is 5.54 Å². The first-order valence-corrected chi connectivity index (χ1v) is 10.6. The molecule has 1 unspecified atom stereocenters. The average molecular weight is 431 g/mol. The Hall–Kier alpha value is -3.38. The molecule has 3 aromatic carbocycles. The van der Waals surface area contributed by atoms with Gasteiger partial charge in [0.05, 0.1) is 13.7 Å². The molecule has 0 saturated carbocycles. The lowest BCUT2D eigenvalue weighted by atomic mass is 9.81. The van der Waals surface area contributed by atoms with Crippen LogP contribution in [0, 0.1) is 0 Å². The van der Waals surface area contributed by atoms with Crippen LogP contribution in [0.25, 0.3) is 11.1 Å². The highest BCUT2D eigenvalue weighted by atomic mass is 32.1. The molecule has 156 valence electrons. The molecule has 0 spiro atoms. The first-order valence-electron chi connectivity index (χ1n) is 10.1. The van der Waals surface area contributed by atoms with Crippen LogP contribution in [0.4, 0.5) is 0 Å². The summed E-state index contributed by atoms with van der Waals surface area (Å²) in [5, 5.41) is 3.74. The fourth-order valence-corrected chi connectivity index (χ4v) is 4.59. The Morgan fingerprint density at radius 1 is 1.03 bits per heavy atom. The number of carbonyl (C=O) groups excluding carboxylic acids is 1. The molecule has 5 nitrogen and oxygen atoms in total. The van der Waals surface area contributed by atoms with Crippen molar-refractivity contribution < 1.29 is 14.3 Å². The summed E-state index contributed by atoms with van der Waals surface area (Å²) < 4.78 is 11.1. The second-order valence-corrected chi connectivity index (χ2v) is 8.16. The Morgan fingerprint density at radius 3 is 2.52 bits per heavy atom. The molecule has 5 rings (SSSR count). The van der Waals surface area contributed by atoms with Crippen LogP contribution in [0.15, 0.2) is 66.7 Å². The molecule has 1 fully saturated rings. The van der Waals surface area contributed by atoms with E-state index in [2.05, 4.69) is 11.4 Å². The van der Waals surface area contributed by atoms with Gasteiger partial charge in [0.1, 0.15) is 11.5 Å². The number of carbonyl (C=O) groups is 1. The lowest BCUT2D eigenvalue weighted by Crippen LogP contribution is -2.45. The van der Waals surface area contributed by atoms with Gasteiger partial charge in [0.15, 0.2) is 10.7 Å². The van der Waals surface area contributed by atoms with E-state index in [1.807, 2.05) is 60.7 Å². The fourth-order valence-electron chi connectivity index (χ4n) is 4.35. The maximum absolute atomic E-state index is 13.6. The Labute approximate surface area is 186 Å². The highest BCUT2D eigenvalue weighted by Gasteiger charge is 2.51. The third-order valence-corrected chi connectivity index (χ3v) is 6.42. The van der Waals surface area contributed by atoms with E-state index in [9.17, 15) is 4.79 Å². The third-order valence-electron chi connectivity index (χ3n) is 6.05. The number of nitrogens with one attached hydrogen (secondary N) is 1. The monoisotopic (exact) mass is 430 g/mol. The van der Waals surface area contributed by atoms with E-state index in [1.165, 1.54) is 4.90 Å². The first kappa shape index (κ1) is 19.6. The number of fused-ring (bicyclic) bond motifs is 1. The molecule has 31 heavy (non-hydrogen) atoms. The topological polar surface area (TPSA) is 50.8 Å². The van der Waals surface area contributed by atoms with Crippen LogP contribution >= 0.6 is 12.2 Å². The number of thiocarbonyl (C=S) groups is 1. The summed E-state index contributed by atoms with van der Waals surface area (Å²) in [5.74, 6) is 1.57. The zero-order valence-electron chi connectivity index (χ0n) is 17.3. The van der Waals surface area contributed by atoms with Crippen LogP contribution in [0.1, 0.15) is 16.7 Å². The van der Waals surface area contributed by atoms with Crippen molar-refractivity contribution in [2.24, 2.45) is 0 Å². The Balaban J connectivity index is 1.68. The van der Waals surface area contributed by atoms with Gasteiger partial charge in [-0.05, 0) is 70.4 Å². The van der Waals surface area contributed by atoms with Crippen LogP contribution in [-0.2, 0) is 16.8 Å². The SMILES string of the molecule is COc1cccc(-c2cccc(C3(c4ccc5c(c4)CCO5)NC(=S)N(C)C3=O)c2)c1. The maximum Gasteiger partial charge on any atom is 0.263 e. The number of hydrogen-bond donors (Lipinski definition) is 1. The first-order chi connectivity index (χ1) is 15.0. The number of nitrogens with zero attached hydrogens (tertiary/aromatic N) is 1. The molecule has 1 amide bonds. The van der Waals surface area contributed by atoms with Crippen molar-refractivity contribution >= 4 is 23.2 Å². The standard InChI is InChI=1S/C25H22N2O3S/c1-27-23(28)25(26-24(27)31,20-9-10-22-18(14-20)11-12-30-22)19-7-3-5-16(13-19)17-6-4-8-21(15-17)29-2/h3-10,13-15H,11-12H2,1-2H3,(H,26,31). The molecule has 0 aliphatic carbocycles. The van der Waals surface area contributed by atoms with Gasteiger partial charge in [0, 0.05) is 13.5 Å². The lowest BCUT2D eigenvalue weighted by Gasteiger charge is -2.29. The van der Waals surface area contributed by atoms with Crippen molar-refractivity contribution in [3.05, 3.63) is 83.4 Å². The van der Waals surface area contributed by atoms with Crippen molar-refractivity contribution in [1.29, 1.82) is 0 Å². The highest BCUT2D eigenvalue weighted by molar-refractivity contribution is 7.80. The molecule has 1 atom stereocenters. The zero-order valence-corrected chi connectivity index (χ0v) is 18.2. The van der Waals surface area contributed by atoms with Crippen LogP contribution in [0.5, 0.6) is 11.5 Å². The van der Waals surface area contributed by atoms with Crippen LogP contribution in [0.3, 0.4) is 0 Å². The van der Waals surface area contributed by atoms with Gasteiger partial charge in [-0.2, -0.15) is 0 Å². The molecule has 0 radical (unpaired) electrons. The minimum atomic E-state index is -1.08. The van der Waals surface area contributed by atoms with Gasteiger partial charge in [0.25, 0.3) is 5.91 Å². The molecule has 0 aromatic heterocycles. The van der Waals surface area contributed by atoms with Crippen molar-refractivity contribution in [3.8, 4) is 22.6 Å². The van der Waals surface area contributed by atoms with E-state index in [4.69, 9.17) is 21.7 Å². The number of hydrogen-bond acceptors (Lipinski definition) is 4. The van der Waals surface area contributed by atoms with E-state index in [0.717, 1.165) is 45.7 Å². The third kappa shape index (κ3) is 3.06. The molecule has 0 bridgehead atoms. The van der Waals surface area contributed by atoms with Gasteiger partial charge in [0.2, 0.25) is 0 Å². The zero-order chi connectivity index (χ0) is 21.6. The summed E-state index contributed by atoms with van der Waals surface area (Å²) in [6, 6.07) is 21.9. The van der Waals surface area contributed by atoms with Crippen LogP contribution in [-0.4, -0.2) is 36.7 Å².